The number of thiazole rings is 1. The van der Waals surface area contributed by atoms with Crippen molar-refractivity contribution in [1.82, 2.24) is 15.2 Å². The molecule has 25 heavy (non-hydrogen) atoms. The van der Waals surface area contributed by atoms with Crippen molar-refractivity contribution in [3.63, 3.8) is 0 Å². The van der Waals surface area contributed by atoms with E-state index in [1.807, 2.05) is 30.3 Å². The molecule has 3 amide bonds. The van der Waals surface area contributed by atoms with E-state index in [0.29, 0.717) is 22.1 Å². The van der Waals surface area contributed by atoms with Crippen LogP contribution in [0.3, 0.4) is 0 Å². The number of rotatable bonds is 4. The van der Waals surface area contributed by atoms with Crippen LogP contribution in [0.25, 0.3) is 10.6 Å². The molecule has 1 atom stereocenters. The Kier molecular flexibility index (Phi) is 4.80. The van der Waals surface area contributed by atoms with Gasteiger partial charge in [0.05, 0.1) is 5.69 Å². The fourth-order valence-electron chi connectivity index (χ4n) is 2.46. The van der Waals surface area contributed by atoms with Gasteiger partial charge in [0.2, 0.25) is 0 Å². The number of benzene rings is 1. The number of aryl methyl sites for hydroxylation is 1. The van der Waals surface area contributed by atoms with E-state index in [9.17, 15) is 14.4 Å². The van der Waals surface area contributed by atoms with E-state index in [4.69, 9.17) is 4.74 Å². The monoisotopic (exact) mass is 359 g/mol. The lowest BCUT2D eigenvalue weighted by molar-refractivity contribution is -0.136. The normalized spacial score (nSPS) is 15.0. The van der Waals surface area contributed by atoms with Crippen LogP contribution in [0, 0.1) is 6.92 Å². The second-order valence-corrected chi connectivity index (χ2v) is 6.57. The van der Waals surface area contributed by atoms with Crippen LogP contribution >= 0.6 is 11.3 Å². The largest absolute Gasteiger partial charge is 0.448 e. The van der Waals surface area contributed by atoms with E-state index in [0.717, 1.165) is 10.5 Å². The van der Waals surface area contributed by atoms with Crippen LogP contribution in [0.15, 0.2) is 30.3 Å². The lowest BCUT2D eigenvalue weighted by atomic mass is 10.2. The summed E-state index contributed by atoms with van der Waals surface area (Å²) in [6.45, 7) is 3.86. The van der Waals surface area contributed by atoms with E-state index in [1.165, 1.54) is 18.3 Å². The highest BCUT2D eigenvalue weighted by atomic mass is 32.1. The smallest absolute Gasteiger partial charge is 0.351 e. The molecular weight excluding hydrogens is 342 g/mol. The van der Waals surface area contributed by atoms with Crippen molar-refractivity contribution < 1.29 is 19.1 Å². The third-order valence-corrected chi connectivity index (χ3v) is 4.94. The summed E-state index contributed by atoms with van der Waals surface area (Å²) >= 11 is 1.22. The maximum absolute atomic E-state index is 12.4. The molecule has 0 saturated carbocycles. The summed E-state index contributed by atoms with van der Waals surface area (Å²) in [5.74, 6) is -1.15. The number of urea groups is 1. The minimum absolute atomic E-state index is 0.275. The van der Waals surface area contributed by atoms with E-state index >= 15 is 0 Å². The number of amides is 3. The van der Waals surface area contributed by atoms with E-state index in [1.54, 1.807) is 6.92 Å². The molecule has 1 fully saturated rings. The van der Waals surface area contributed by atoms with Crippen LogP contribution < -0.4 is 5.32 Å². The molecule has 3 rings (SSSR count). The van der Waals surface area contributed by atoms with Crippen molar-refractivity contribution in [2.45, 2.75) is 20.0 Å². The van der Waals surface area contributed by atoms with Gasteiger partial charge in [0.15, 0.2) is 6.10 Å². The Morgan fingerprint density at radius 2 is 2.04 bits per heavy atom. The molecule has 130 valence electrons. The SMILES string of the molecule is Cc1nc(-c2ccccc2)sc1C(=O)O[C@H](C)C(=O)N1CCNC1=O. The van der Waals surface area contributed by atoms with Crippen molar-refractivity contribution in [2.75, 3.05) is 13.1 Å². The molecule has 1 aliphatic rings. The van der Waals surface area contributed by atoms with E-state index in [2.05, 4.69) is 10.3 Å². The summed E-state index contributed by atoms with van der Waals surface area (Å²) in [5, 5.41) is 3.25. The highest BCUT2D eigenvalue weighted by Crippen LogP contribution is 2.28. The van der Waals surface area contributed by atoms with Crippen molar-refractivity contribution in [3.8, 4) is 10.6 Å². The van der Waals surface area contributed by atoms with Gasteiger partial charge in [-0.1, -0.05) is 30.3 Å². The quantitative estimate of drug-likeness (QED) is 0.846. The molecule has 0 radical (unpaired) electrons. The molecule has 1 N–H and O–H groups in total. The van der Waals surface area contributed by atoms with Crippen molar-refractivity contribution in [3.05, 3.63) is 40.9 Å². The first-order chi connectivity index (χ1) is 12.0. The number of ether oxygens (including phenoxy) is 1. The lowest BCUT2D eigenvalue weighted by Crippen LogP contribution is -2.41. The third kappa shape index (κ3) is 3.53. The number of carbonyl (C=O) groups is 3. The van der Waals surface area contributed by atoms with Gasteiger partial charge in [0.1, 0.15) is 9.88 Å². The predicted octanol–water partition coefficient (Wildman–Crippen LogP) is 2.22. The fourth-order valence-corrected chi connectivity index (χ4v) is 3.41. The maximum atomic E-state index is 12.4. The van der Waals surface area contributed by atoms with Crippen molar-refractivity contribution in [1.29, 1.82) is 0 Å². The summed E-state index contributed by atoms with van der Waals surface area (Å²) in [6, 6.07) is 9.05. The summed E-state index contributed by atoms with van der Waals surface area (Å²) in [4.78, 5) is 41.9. The van der Waals surface area contributed by atoms with Crippen LogP contribution in [0.1, 0.15) is 22.3 Å². The molecule has 0 aliphatic carbocycles. The molecule has 0 unspecified atom stereocenters. The molecule has 1 saturated heterocycles. The highest BCUT2D eigenvalue weighted by molar-refractivity contribution is 7.17. The van der Waals surface area contributed by atoms with Gasteiger partial charge in [-0.05, 0) is 13.8 Å². The van der Waals surface area contributed by atoms with Gasteiger partial charge in [-0.15, -0.1) is 11.3 Å². The Balaban J connectivity index is 1.72. The van der Waals surface area contributed by atoms with Crippen LogP contribution in [0.2, 0.25) is 0 Å². The predicted molar refractivity (Wildman–Crippen MR) is 92.3 cm³/mol. The third-order valence-electron chi connectivity index (χ3n) is 3.76. The molecule has 8 heteroatoms. The number of esters is 1. The average Bonchev–Trinajstić information content (AvgIpc) is 3.20. The van der Waals surface area contributed by atoms with Crippen LogP contribution in [0.4, 0.5) is 4.79 Å². The van der Waals surface area contributed by atoms with Gasteiger partial charge in [0, 0.05) is 18.7 Å². The number of carbonyl (C=O) groups excluding carboxylic acids is 3. The molecular formula is C17H17N3O4S. The Morgan fingerprint density at radius 3 is 2.68 bits per heavy atom. The summed E-state index contributed by atoms with van der Waals surface area (Å²) < 4.78 is 5.25. The molecule has 1 aromatic heterocycles. The van der Waals surface area contributed by atoms with Gasteiger partial charge in [-0.3, -0.25) is 9.69 Å². The first-order valence-electron chi connectivity index (χ1n) is 7.80. The minimum Gasteiger partial charge on any atom is -0.448 e. The summed E-state index contributed by atoms with van der Waals surface area (Å²) in [6.07, 6.45) is -1.04. The van der Waals surface area contributed by atoms with Gasteiger partial charge in [0.25, 0.3) is 5.91 Å². The second-order valence-electron chi connectivity index (χ2n) is 5.57. The number of hydrogen-bond donors (Lipinski definition) is 1. The number of nitrogens with zero attached hydrogens (tertiary/aromatic N) is 2. The Bertz CT molecular complexity index is 819. The molecule has 1 aromatic carbocycles. The minimum atomic E-state index is -1.04. The van der Waals surface area contributed by atoms with Crippen LogP contribution in [-0.4, -0.2) is 47.0 Å². The van der Waals surface area contributed by atoms with Gasteiger partial charge < -0.3 is 10.1 Å². The maximum Gasteiger partial charge on any atom is 0.351 e. The molecule has 2 heterocycles. The summed E-state index contributed by atoms with van der Waals surface area (Å²) in [7, 11) is 0. The standard InChI is InChI=1S/C17H17N3O4S/c1-10-13(25-14(19-10)12-6-4-3-5-7-12)16(22)24-11(2)15(21)20-9-8-18-17(20)23/h3-7,11H,8-9H2,1-2H3,(H,18,23)/t11-/m1/s1. The zero-order valence-electron chi connectivity index (χ0n) is 13.8. The number of nitrogens with one attached hydrogen (secondary N) is 1. The fraction of sp³-hybridized carbons (Fsp3) is 0.294. The number of hydrogen-bond acceptors (Lipinski definition) is 6. The Labute approximate surface area is 148 Å². The van der Waals surface area contributed by atoms with Gasteiger partial charge in [-0.25, -0.2) is 14.6 Å². The van der Waals surface area contributed by atoms with Crippen LogP contribution in [-0.2, 0) is 9.53 Å². The first-order valence-corrected chi connectivity index (χ1v) is 8.62. The summed E-state index contributed by atoms with van der Waals surface area (Å²) in [5.41, 5.74) is 1.46. The van der Waals surface area contributed by atoms with Gasteiger partial charge >= 0.3 is 12.0 Å². The number of aromatic nitrogens is 1. The molecule has 7 nitrogen and oxygen atoms in total. The lowest BCUT2D eigenvalue weighted by Gasteiger charge is -2.17. The second kappa shape index (κ2) is 7.02. The Hall–Kier alpha value is -2.74. The zero-order valence-corrected chi connectivity index (χ0v) is 14.6. The molecule has 0 bridgehead atoms. The molecule has 1 aliphatic heterocycles. The molecule has 0 spiro atoms. The zero-order chi connectivity index (χ0) is 18.0. The average molecular weight is 359 g/mol. The Morgan fingerprint density at radius 1 is 1.32 bits per heavy atom. The van der Waals surface area contributed by atoms with Crippen molar-refractivity contribution >= 4 is 29.2 Å². The highest BCUT2D eigenvalue weighted by Gasteiger charge is 2.32. The van der Waals surface area contributed by atoms with Crippen molar-refractivity contribution in [2.24, 2.45) is 0 Å². The topological polar surface area (TPSA) is 88.6 Å². The molecule has 2 aromatic rings. The number of imide groups is 1. The van der Waals surface area contributed by atoms with Crippen LogP contribution in [0.5, 0.6) is 0 Å². The van der Waals surface area contributed by atoms with Gasteiger partial charge in [-0.2, -0.15) is 0 Å². The van der Waals surface area contributed by atoms with E-state index in [-0.39, 0.29) is 6.54 Å². The van der Waals surface area contributed by atoms with E-state index < -0.39 is 24.0 Å². The first kappa shape index (κ1) is 17.1.